The van der Waals surface area contributed by atoms with Crippen molar-refractivity contribution >= 4 is 6.09 Å². The first-order valence-electron chi connectivity index (χ1n) is 6.65. The predicted molar refractivity (Wildman–Crippen MR) is 69.1 cm³/mol. The van der Waals surface area contributed by atoms with E-state index in [1.165, 1.54) is 0 Å². The van der Waals surface area contributed by atoms with Crippen molar-refractivity contribution in [2.75, 3.05) is 19.6 Å². The molecule has 106 valence electrons. The summed E-state index contributed by atoms with van der Waals surface area (Å²) in [5.41, 5.74) is 4.87. The highest BCUT2D eigenvalue weighted by atomic mass is 19.1. The minimum Gasteiger partial charge on any atom is -0.444 e. The quantitative estimate of drug-likeness (QED) is 0.847. The van der Waals surface area contributed by atoms with E-state index in [9.17, 15) is 9.18 Å². The third-order valence-electron chi connectivity index (χ3n) is 3.06. The number of nitrogens with zero attached hydrogens (tertiary/aromatic N) is 1. The monoisotopic (exact) mass is 260 g/mol. The number of likely N-dealkylation sites (tertiary alicyclic amines) is 1. The van der Waals surface area contributed by atoms with Gasteiger partial charge in [-0.25, -0.2) is 9.18 Å². The van der Waals surface area contributed by atoms with Crippen LogP contribution in [0.25, 0.3) is 0 Å². The standard InChI is InChI=1S/C13H25FN2O2/c1-13(2,3)18-12(17)16-8-4-5-10(9-16)11(14)6-7-15/h10-11H,4-9,15H2,1-3H3. The Labute approximate surface area is 109 Å². The molecule has 0 radical (unpaired) electrons. The predicted octanol–water partition coefficient (Wildman–Crippen LogP) is 2.32. The molecule has 0 aromatic rings. The fourth-order valence-electron chi connectivity index (χ4n) is 2.19. The molecule has 1 aliphatic rings. The van der Waals surface area contributed by atoms with Crippen LogP contribution in [-0.4, -0.2) is 42.4 Å². The van der Waals surface area contributed by atoms with Gasteiger partial charge in [0.25, 0.3) is 0 Å². The highest BCUT2D eigenvalue weighted by Gasteiger charge is 2.31. The van der Waals surface area contributed by atoms with Crippen molar-refractivity contribution in [1.29, 1.82) is 0 Å². The molecule has 1 aliphatic heterocycles. The van der Waals surface area contributed by atoms with E-state index in [4.69, 9.17) is 10.5 Å². The smallest absolute Gasteiger partial charge is 0.410 e. The molecule has 0 spiro atoms. The van der Waals surface area contributed by atoms with E-state index < -0.39 is 11.8 Å². The minimum absolute atomic E-state index is 0.102. The van der Waals surface area contributed by atoms with E-state index in [-0.39, 0.29) is 12.0 Å². The second-order valence-corrected chi connectivity index (χ2v) is 5.92. The average molecular weight is 260 g/mol. The third-order valence-corrected chi connectivity index (χ3v) is 3.06. The van der Waals surface area contributed by atoms with Gasteiger partial charge in [-0.15, -0.1) is 0 Å². The molecule has 2 N–H and O–H groups in total. The van der Waals surface area contributed by atoms with Crippen LogP contribution < -0.4 is 5.73 Å². The minimum atomic E-state index is -0.916. The van der Waals surface area contributed by atoms with Gasteiger partial charge in [0.05, 0.1) is 0 Å². The van der Waals surface area contributed by atoms with Gasteiger partial charge in [0.15, 0.2) is 0 Å². The summed E-state index contributed by atoms with van der Waals surface area (Å²) in [5.74, 6) is -0.102. The Morgan fingerprint density at radius 1 is 1.56 bits per heavy atom. The van der Waals surface area contributed by atoms with Crippen LogP contribution in [0.5, 0.6) is 0 Å². The Bertz CT molecular complexity index is 279. The van der Waals surface area contributed by atoms with Gasteiger partial charge in [-0.1, -0.05) is 0 Å². The van der Waals surface area contributed by atoms with Gasteiger partial charge in [-0.3, -0.25) is 0 Å². The summed E-state index contributed by atoms with van der Waals surface area (Å²) in [7, 11) is 0. The molecule has 4 nitrogen and oxygen atoms in total. The molecule has 5 heteroatoms. The topological polar surface area (TPSA) is 55.6 Å². The number of alkyl halides is 1. The van der Waals surface area contributed by atoms with Crippen molar-refractivity contribution in [3.63, 3.8) is 0 Å². The van der Waals surface area contributed by atoms with Crippen LogP contribution >= 0.6 is 0 Å². The Kier molecular flexibility index (Phi) is 5.38. The molecule has 2 unspecified atom stereocenters. The second-order valence-electron chi connectivity index (χ2n) is 5.92. The maximum absolute atomic E-state index is 13.8. The van der Waals surface area contributed by atoms with Crippen molar-refractivity contribution in [3.05, 3.63) is 0 Å². The zero-order valence-electron chi connectivity index (χ0n) is 11.6. The van der Waals surface area contributed by atoms with Crippen LogP contribution in [0, 0.1) is 5.92 Å². The van der Waals surface area contributed by atoms with E-state index in [2.05, 4.69) is 0 Å². The average Bonchev–Trinajstić information content (AvgIpc) is 2.27. The van der Waals surface area contributed by atoms with Gasteiger partial charge in [-0.05, 0) is 46.6 Å². The molecule has 1 amide bonds. The van der Waals surface area contributed by atoms with E-state index in [0.717, 1.165) is 12.8 Å². The Morgan fingerprint density at radius 3 is 2.78 bits per heavy atom. The molecule has 0 saturated carbocycles. The maximum atomic E-state index is 13.8. The molecule has 1 heterocycles. The SMILES string of the molecule is CC(C)(C)OC(=O)N1CCCC(C(F)CCN)C1. The van der Waals surface area contributed by atoms with Crippen molar-refractivity contribution < 1.29 is 13.9 Å². The van der Waals surface area contributed by atoms with Gasteiger partial charge in [0.2, 0.25) is 0 Å². The third kappa shape index (κ3) is 4.80. The fourth-order valence-corrected chi connectivity index (χ4v) is 2.19. The largest absolute Gasteiger partial charge is 0.444 e. The highest BCUT2D eigenvalue weighted by Crippen LogP contribution is 2.24. The van der Waals surface area contributed by atoms with Crippen LogP contribution in [0.15, 0.2) is 0 Å². The summed E-state index contributed by atoms with van der Waals surface area (Å²) in [6.45, 7) is 6.94. The van der Waals surface area contributed by atoms with Gasteiger partial charge in [0.1, 0.15) is 11.8 Å². The number of halogens is 1. The number of hydrogen-bond donors (Lipinski definition) is 1. The summed E-state index contributed by atoms with van der Waals surface area (Å²) in [5, 5.41) is 0. The Morgan fingerprint density at radius 2 is 2.22 bits per heavy atom. The molecule has 2 atom stereocenters. The maximum Gasteiger partial charge on any atom is 0.410 e. The number of ether oxygens (including phenoxy) is 1. The highest BCUT2D eigenvalue weighted by molar-refractivity contribution is 5.68. The van der Waals surface area contributed by atoms with Crippen LogP contribution in [0.4, 0.5) is 9.18 Å². The molecule has 1 rings (SSSR count). The van der Waals surface area contributed by atoms with Crippen LogP contribution in [-0.2, 0) is 4.74 Å². The van der Waals surface area contributed by atoms with Gasteiger partial charge in [0, 0.05) is 19.0 Å². The lowest BCUT2D eigenvalue weighted by molar-refractivity contribution is 0.0108. The molecule has 0 aromatic heterocycles. The van der Waals surface area contributed by atoms with Crippen molar-refractivity contribution in [3.8, 4) is 0 Å². The van der Waals surface area contributed by atoms with Gasteiger partial charge in [-0.2, -0.15) is 0 Å². The van der Waals surface area contributed by atoms with Crippen LogP contribution in [0.2, 0.25) is 0 Å². The van der Waals surface area contributed by atoms with E-state index in [0.29, 0.717) is 26.1 Å². The molecular weight excluding hydrogens is 235 g/mol. The zero-order chi connectivity index (χ0) is 13.8. The first-order chi connectivity index (χ1) is 8.33. The number of carbonyl (C=O) groups is 1. The second kappa shape index (κ2) is 6.36. The first-order valence-corrected chi connectivity index (χ1v) is 6.65. The summed E-state index contributed by atoms with van der Waals surface area (Å²) in [6.07, 6.45) is 0.759. The number of amides is 1. The Hall–Kier alpha value is -0.840. The molecular formula is C13H25FN2O2. The van der Waals surface area contributed by atoms with Crippen LogP contribution in [0.1, 0.15) is 40.0 Å². The molecule has 0 aliphatic carbocycles. The Balaban J connectivity index is 2.50. The summed E-state index contributed by atoms with van der Waals surface area (Å²) >= 11 is 0. The fraction of sp³-hybridized carbons (Fsp3) is 0.923. The number of carbonyl (C=O) groups excluding carboxylic acids is 1. The van der Waals surface area contributed by atoms with Gasteiger partial charge >= 0.3 is 6.09 Å². The number of hydrogen-bond acceptors (Lipinski definition) is 3. The molecule has 0 aromatic carbocycles. The van der Waals surface area contributed by atoms with Crippen LogP contribution in [0.3, 0.4) is 0 Å². The van der Waals surface area contributed by atoms with Crippen molar-refractivity contribution in [1.82, 2.24) is 4.90 Å². The summed E-state index contributed by atoms with van der Waals surface area (Å²) in [4.78, 5) is 13.5. The lowest BCUT2D eigenvalue weighted by Crippen LogP contribution is -2.45. The van der Waals surface area contributed by atoms with E-state index >= 15 is 0 Å². The molecule has 1 saturated heterocycles. The molecule has 18 heavy (non-hydrogen) atoms. The molecule has 1 fully saturated rings. The van der Waals surface area contributed by atoms with Crippen molar-refractivity contribution in [2.24, 2.45) is 11.7 Å². The van der Waals surface area contributed by atoms with E-state index in [1.807, 2.05) is 20.8 Å². The normalized spacial score (nSPS) is 22.7. The number of rotatable bonds is 3. The number of nitrogens with two attached hydrogens (primary N) is 1. The lowest BCUT2D eigenvalue weighted by atomic mass is 9.92. The van der Waals surface area contributed by atoms with Gasteiger partial charge < -0.3 is 15.4 Å². The van der Waals surface area contributed by atoms with E-state index in [1.54, 1.807) is 4.90 Å². The number of piperidine rings is 1. The molecule has 0 bridgehead atoms. The van der Waals surface area contributed by atoms with Crippen molar-refractivity contribution in [2.45, 2.75) is 51.8 Å². The summed E-state index contributed by atoms with van der Waals surface area (Å²) in [6, 6.07) is 0. The zero-order valence-corrected chi connectivity index (χ0v) is 11.6. The lowest BCUT2D eigenvalue weighted by Gasteiger charge is -2.35. The first kappa shape index (κ1) is 15.2. The summed E-state index contributed by atoms with van der Waals surface area (Å²) < 4.78 is 19.1.